The first-order valence-electron chi connectivity index (χ1n) is 4.33. The Hall–Kier alpha value is -1.15. The Morgan fingerprint density at radius 1 is 1.67 bits per heavy atom. The topological polar surface area (TPSA) is 69.4 Å². The second-order valence-electron chi connectivity index (χ2n) is 2.99. The number of rotatable bonds is 2. The number of aromatic nitrogens is 4. The van der Waals surface area contributed by atoms with E-state index in [1.54, 1.807) is 10.8 Å². The minimum Gasteiger partial charge on any atom is -0.465 e. The third-order valence-corrected chi connectivity index (χ3v) is 4.24. The predicted octanol–water partition coefficient (Wildman–Crippen LogP) is 0.593. The Bertz CT molecular complexity index is 479. The van der Waals surface area contributed by atoms with Crippen LogP contribution >= 0.6 is 23.1 Å². The molecule has 15 heavy (non-hydrogen) atoms. The van der Waals surface area contributed by atoms with Gasteiger partial charge in [-0.2, -0.15) is 4.52 Å². The minimum absolute atomic E-state index is 0.117. The zero-order valence-electron chi connectivity index (χ0n) is 7.49. The van der Waals surface area contributed by atoms with E-state index in [9.17, 15) is 4.79 Å². The summed E-state index contributed by atoms with van der Waals surface area (Å²) in [7, 11) is 0. The summed E-state index contributed by atoms with van der Waals surface area (Å²) in [5.41, 5.74) is 0. The van der Waals surface area contributed by atoms with Gasteiger partial charge in [0, 0.05) is 6.42 Å². The van der Waals surface area contributed by atoms with Crippen LogP contribution in [0.5, 0.6) is 0 Å². The van der Waals surface area contributed by atoms with Crippen molar-refractivity contribution in [2.45, 2.75) is 16.0 Å². The number of carbonyl (C=O) groups is 1. The molecule has 0 saturated carbocycles. The van der Waals surface area contributed by atoms with Crippen molar-refractivity contribution in [2.75, 3.05) is 6.61 Å². The first-order chi connectivity index (χ1) is 7.33. The van der Waals surface area contributed by atoms with E-state index in [-0.39, 0.29) is 11.2 Å². The maximum Gasteiger partial charge on any atom is 0.319 e. The monoisotopic (exact) mass is 242 g/mol. The zero-order valence-corrected chi connectivity index (χ0v) is 9.12. The van der Waals surface area contributed by atoms with Crippen molar-refractivity contribution in [2.24, 2.45) is 0 Å². The van der Waals surface area contributed by atoms with Gasteiger partial charge in [-0.1, -0.05) is 23.1 Å². The molecule has 0 aliphatic carbocycles. The number of carbonyl (C=O) groups excluding carboxylic acids is 1. The maximum atomic E-state index is 11.2. The van der Waals surface area contributed by atoms with Crippen molar-refractivity contribution >= 4 is 34.0 Å². The number of ether oxygens (including phenoxy) is 1. The number of cyclic esters (lactones) is 1. The van der Waals surface area contributed by atoms with Gasteiger partial charge in [0.25, 0.3) is 0 Å². The van der Waals surface area contributed by atoms with Gasteiger partial charge in [-0.25, -0.2) is 0 Å². The van der Waals surface area contributed by atoms with Crippen LogP contribution in [0, 0.1) is 0 Å². The molecule has 1 aliphatic rings. The lowest BCUT2D eigenvalue weighted by Crippen LogP contribution is -2.09. The lowest BCUT2D eigenvalue weighted by atomic mass is 10.4. The van der Waals surface area contributed by atoms with E-state index in [0.29, 0.717) is 6.61 Å². The number of fused-ring (bicyclic) bond motifs is 1. The Morgan fingerprint density at radius 3 is 3.33 bits per heavy atom. The fourth-order valence-corrected chi connectivity index (χ4v) is 3.37. The Balaban J connectivity index is 1.83. The van der Waals surface area contributed by atoms with Gasteiger partial charge in [-0.05, 0) is 0 Å². The molecule has 78 valence electrons. The van der Waals surface area contributed by atoms with Crippen LogP contribution in [0.1, 0.15) is 6.42 Å². The minimum atomic E-state index is -0.147. The highest BCUT2D eigenvalue weighted by molar-refractivity contribution is 8.02. The number of hydrogen-bond acceptors (Lipinski definition) is 7. The number of nitrogens with zero attached hydrogens (tertiary/aromatic N) is 4. The molecule has 1 aliphatic heterocycles. The molecule has 0 radical (unpaired) electrons. The van der Waals surface area contributed by atoms with Gasteiger partial charge in [-0.15, -0.1) is 15.3 Å². The van der Waals surface area contributed by atoms with Gasteiger partial charge < -0.3 is 4.74 Å². The fourth-order valence-electron chi connectivity index (χ4n) is 1.30. The molecule has 0 unspecified atom stereocenters. The summed E-state index contributed by atoms with van der Waals surface area (Å²) in [6.45, 7) is 0.514. The van der Waals surface area contributed by atoms with Gasteiger partial charge in [-0.3, -0.25) is 4.79 Å². The van der Waals surface area contributed by atoms with Gasteiger partial charge >= 0.3 is 5.97 Å². The van der Waals surface area contributed by atoms with E-state index in [0.717, 1.165) is 15.7 Å². The van der Waals surface area contributed by atoms with Crippen LogP contribution in [0.4, 0.5) is 0 Å². The van der Waals surface area contributed by atoms with Gasteiger partial charge in [0.2, 0.25) is 4.96 Å². The van der Waals surface area contributed by atoms with E-state index >= 15 is 0 Å². The molecule has 0 bridgehead atoms. The Labute approximate surface area is 92.6 Å². The fraction of sp³-hybridized carbons (Fsp3) is 0.429. The number of hydrogen-bond donors (Lipinski definition) is 0. The molecule has 8 heteroatoms. The van der Waals surface area contributed by atoms with Crippen LogP contribution in [0.2, 0.25) is 0 Å². The zero-order chi connectivity index (χ0) is 10.3. The van der Waals surface area contributed by atoms with Crippen molar-refractivity contribution in [3.8, 4) is 0 Å². The molecule has 1 fully saturated rings. The van der Waals surface area contributed by atoms with Gasteiger partial charge in [0.05, 0.1) is 6.61 Å². The smallest absolute Gasteiger partial charge is 0.319 e. The SMILES string of the molecule is O=C1OCC[C@@H]1Sc1nn2cnnc2s1. The Kier molecular flexibility index (Phi) is 2.10. The van der Waals surface area contributed by atoms with E-state index < -0.39 is 0 Å². The summed E-state index contributed by atoms with van der Waals surface area (Å²) in [6, 6.07) is 0. The Morgan fingerprint density at radius 2 is 2.60 bits per heavy atom. The highest BCUT2D eigenvalue weighted by Crippen LogP contribution is 2.31. The summed E-state index contributed by atoms with van der Waals surface area (Å²) in [5.74, 6) is -0.147. The van der Waals surface area contributed by atoms with Crippen molar-refractivity contribution in [1.82, 2.24) is 19.8 Å². The molecule has 3 heterocycles. The highest BCUT2D eigenvalue weighted by atomic mass is 32.2. The van der Waals surface area contributed by atoms with E-state index in [1.807, 2.05) is 0 Å². The average molecular weight is 242 g/mol. The van der Waals surface area contributed by atoms with Crippen LogP contribution in [0.25, 0.3) is 4.96 Å². The van der Waals surface area contributed by atoms with Crippen molar-refractivity contribution in [3.63, 3.8) is 0 Å². The molecule has 0 N–H and O–H groups in total. The molecule has 0 aromatic carbocycles. The summed E-state index contributed by atoms with van der Waals surface area (Å²) >= 11 is 2.86. The van der Waals surface area contributed by atoms with E-state index in [4.69, 9.17) is 4.74 Å². The molecule has 0 spiro atoms. The maximum absolute atomic E-state index is 11.2. The number of thioether (sulfide) groups is 1. The first kappa shape index (κ1) is 9.10. The van der Waals surface area contributed by atoms with Crippen LogP contribution in [0.3, 0.4) is 0 Å². The second-order valence-corrected chi connectivity index (χ2v) is 5.39. The molecule has 6 nitrogen and oxygen atoms in total. The highest BCUT2D eigenvalue weighted by Gasteiger charge is 2.28. The van der Waals surface area contributed by atoms with Crippen molar-refractivity contribution in [1.29, 1.82) is 0 Å². The van der Waals surface area contributed by atoms with Crippen molar-refractivity contribution < 1.29 is 9.53 Å². The number of esters is 1. The molecular weight excluding hydrogens is 236 g/mol. The van der Waals surface area contributed by atoms with Gasteiger partial charge in [0.15, 0.2) is 4.34 Å². The average Bonchev–Trinajstić information content (AvgIpc) is 2.83. The van der Waals surface area contributed by atoms with Gasteiger partial charge in [0.1, 0.15) is 11.6 Å². The van der Waals surface area contributed by atoms with Crippen LogP contribution < -0.4 is 0 Å². The normalized spacial score (nSPS) is 21.1. The molecule has 2 aromatic heterocycles. The lowest BCUT2D eigenvalue weighted by molar-refractivity contribution is -0.137. The predicted molar refractivity (Wildman–Crippen MR) is 53.9 cm³/mol. The van der Waals surface area contributed by atoms with E-state index in [2.05, 4.69) is 15.3 Å². The molecule has 2 aromatic rings. The summed E-state index contributed by atoms with van der Waals surface area (Å²) < 4.78 is 7.30. The molecule has 0 amide bonds. The molecule has 3 rings (SSSR count). The summed E-state index contributed by atoms with van der Waals surface area (Å²) in [5, 5.41) is 11.7. The lowest BCUT2D eigenvalue weighted by Gasteiger charge is -1.99. The quantitative estimate of drug-likeness (QED) is 0.718. The third-order valence-electron chi connectivity index (χ3n) is 2.00. The molecule has 1 saturated heterocycles. The summed E-state index contributed by atoms with van der Waals surface area (Å²) in [4.78, 5) is 12.0. The van der Waals surface area contributed by atoms with Crippen molar-refractivity contribution in [3.05, 3.63) is 6.33 Å². The molecular formula is C7H6N4O2S2. The largest absolute Gasteiger partial charge is 0.465 e. The first-order valence-corrected chi connectivity index (χ1v) is 6.03. The van der Waals surface area contributed by atoms with E-state index in [1.165, 1.54) is 23.1 Å². The second kappa shape index (κ2) is 3.46. The van der Waals surface area contributed by atoms with Crippen LogP contribution in [-0.4, -0.2) is 37.6 Å². The molecule has 1 atom stereocenters. The van der Waals surface area contributed by atoms with Crippen LogP contribution in [-0.2, 0) is 9.53 Å². The standard InChI is InChI=1S/C7H6N4O2S2/c12-5-4(1-2-13-5)14-7-10-11-3-8-9-6(11)15-7/h3-4H,1-2H2/t4-/m0/s1. The third kappa shape index (κ3) is 1.59. The summed E-state index contributed by atoms with van der Waals surface area (Å²) in [6.07, 6.45) is 2.30. The van der Waals surface area contributed by atoms with Crippen LogP contribution in [0.15, 0.2) is 10.7 Å².